The highest BCUT2D eigenvalue weighted by Crippen LogP contribution is 2.26. The number of hydrogen-bond donors (Lipinski definition) is 1. The van der Waals surface area contributed by atoms with Crippen molar-refractivity contribution in [3.05, 3.63) is 41.3 Å². The van der Waals surface area contributed by atoms with Crippen LogP contribution in [0.1, 0.15) is 0 Å². The molecule has 0 radical (unpaired) electrons. The summed E-state index contributed by atoms with van der Waals surface area (Å²) in [5.41, 5.74) is 5.40. The molecule has 2 N–H and O–H groups in total. The van der Waals surface area contributed by atoms with Gasteiger partial charge in [0, 0.05) is 12.1 Å². The summed E-state index contributed by atoms with van der Waals surface area (Å²) in [6.45, 7) is 0. The van der Waals surface area contributed by atoms with Crippen LogP contribution in [-0.4, -0.2) is 9.97 Å². The molecule has 0 aliphatic carbocycles. The molecule has 0 saturated carbocycles. The van der Waals surface area contributed by atoms with E-state index >= 15 is 0 Å². The van der Waals surface area contributed by atoms with E-state index in [1.54, 1.807) is 0 Å². The van der Waals surface area contributed by atoms with Crippen LogP contribution in [0.15, 0.2) is 35.8 Å². The van der Waals surface area contributed by atoms with Crippen LogP contribution in [0.3, 0.4) is 0 Å². The minimum atomic E-state index is -0.709. The van der Waals surface area contributed by atoms with Crippen LogP contribution < -0.4 is 10.5 Å². The van der Waals surface area contributed by atoms with Crippen molar-refractivity contribution in [2.75, 3.05) is 5.73 Å². The zero-order valence-corrected chi connectivity index (χ0v) is 8.50. The molecule has 1 heterocycles. The molecule has 0 fully saturated rings. The minimum Gasteiger partial charge on any atom is -0.436 e. The van der Waals surface area contributed by atoms with E-state index in [4.69, 9.17) is 10.5 Å². The fourth-order valence-corrected chi connectivity index (χ4v) is 1.15. The van der Waals surface area contributed by atoms with Gasteiger partial charge in [-0.2, -0.15) is 0 Å². The monoisotopic (exact) mass is 234 g/mol. The molecule has 0 amide bonds. The molecule has 2 aromatic rings. The Morgan fingerprint density at radius 3 is 2.76 bits per heavy atom. The van der Waals surface area contributed by atoms with E-state index in [1.165, 1.54) is 24.5 Å². The molecule has 2 rings (SSSR count). The minimum absolute atomic E-state index is 0.0166. The zero-order chi connectivity index (χ0) is 12.3. The summed E-state index contributed by atoms with van der Waals surface area (Å²) in [6, 6.07) is 4.93. The molecular weight excluding hydrogens is 227 g/mol. The number of nitrogen functional groups attached to an aromatic ring is 1. The molecular formula is C10H7FN4O2. The Morgan fingerprint density at radius 2 is 2.12 bits per heavy atom. The fraction of sp³-hybridized carbons (Fsp3) is 0. The van der Waals surface area contributed by atoms with Gasteiger partial charge in [-0.25, -0.2) is 14.4 Å². The molecule has 17 heavy (non-hydrogen) atoms. The summed E-state index contributed by atoms with van der Waals surface area (Å²) in [6.07, 6.45) is 1.20. The van der Waals surface area contributed by atoms with Crippen LogP contribution in [0.2, 0.25) is 0 Å². The van der Waals surface area contributed by atoms with Crippen LogP contribution in [0, 0.1) is 10.7 Å². The first kappa shape index (κ1) is 10.9. The van der Waals surface area contributed by atoms with Gasteiger partial charge in [-0.3, -0.25) is 0 Å². The molecule has 6 nitrogen and oxygen atoms in total. The van der Waals surface area contributed by atoms with Crippen LogP contribution in [-0.2, 0) is 0 Å². The maximum Gasteiger partial charge on any atom is 0.224 e. The first-order valence-corrected chi connectivity index (χ1v) is 4.57. The van der Waals surface area contributed by atoms with Gasteiger partial charge in [-0.05, 0) is 17.3 Å². The third-order valence-electron chi connectivity index (χ3n) is 1.90. The quantitative estimate of drug-likeness (QED) is 0.823. The molecule has 7 heteroatoms. The topological polar surface area (TPSA) is 90.5 Å². The predicted molar refractivity (Wildman–Crippen MR) is 58.4 cm³/mol. The van der Waals surface area contributed by atoms with E-state index in [0.29, 0.717) is 0 Å². The van der Waals surface area contributed by atoms with Gasteiger partial charge < -0.3 is 10.5 Å². The Labute approximate surface area is 95.2 Å². The normalized spacial score (nSPS) is 9.94. The Hall–Kier alpha value is -2.57. The van der Waals surface area contributed by atoms with E-state index in [1.807, 2.05) is 0 Å². The van der Waals surface area contributed by atoms with Gasteiger partial charge >= 0.3 is 0 Å². The van der Waals surface area contributed by atoms with Crippen molar-refractivity contribution in [2.45, 2.75) is 0 Å². The lowest BCUT2D eigenvalue weighted by atomic mass is 10.3. The number of halogens is 1. The van der Waals surface area contributed by atoms with Crippen LogP contribution in [0.4, 0.5) is 15.9 Å². The van der Waals surface area contributed by atoms with Crippen molar-refractivity contribution in [3.8, 4) is 11.6 Å². The number of hydrogen-bond acceptors (Lipinski definition) is 6. The van der Waals surface area contributed by atoms with Crippen molar-refractivity contribution in [2.24, 2.45) is 5.18 Å². The van der Waals surface area contributed by atoms with Crippen LogP contribution in [0.5, 0.6) is 11.6 Å². The molecule has 1 aromatic carbocycles. The standard InChI is InChI=1S/C10H7FN4O2/c11-7-3-6(15-16)1-2-8(7)17-10-4-9(12)13-5-14-10/h1-5H,(H2,12,13,14). The number of ether oxygens (including phenoxy) is 1. The van der Waals surface area contributed by atoms with E-state index in [2.05, 4.69) is 15.1 Å². The Bertz CT molecular complexity index is 562. The zero-order valence-electron chi connectivity index (χ0n) is 8.50. The third kappa shape index (κ3) is 2.51. The van der Waals surface area contributed by atoms with Gasteiger partial charge in [0.2, 0.25) is 5.88 Å². The molecule has 0 unspecified atom stereocenters. The number of nitrogens with two attached hydrogens (primary N) is 1. The van der Waals surface area contributed by atoms with E-state index < -0.39 is 5.82 Å². The Morgan fingerprint density at radius 1 is 1.29 bits per heavy atom. The summed E-state index contributed by atoms with van der Waals surface area (Å²) < 4.78 is 18.6. The molecule has 1 aromatic heterocycles. The van der Waals surface area contributed by atoms with E-state index in [0.717, 1.165) is 6.07 Å². The van der Waals surface area contributed by atoms with Gasteiger partial charge in [0.05, 0.1) is 0 Å². The molecule has 0 saturated heterocycles. The number of benzene rings is 1. The lowest BCUT2D eigenvalue weighted by molar-refractivity contribution is 0.427. The van der Waals surface area contributed by atoms with Crippen molar-refractivity contribution in [1.82, 2.24) is 9.97 Å². The van der Waals surface area contributed by atoms with Gasteiger partial charge in [0.25, 0.3) is 0 Å². The van der Waals surface area contributed by atoms with Gasteiger partial charge in [0.1, 0.15) is 17.8 Å². The third-order valence-corrected chi connectivity index (χ3v) is 1.90. The van der Waals surface area contributed by atoms with E-state index in [-0.39, 0.29) is 23.1 Å². The number of anilines is 1. The van der Waals surface area contributed by atoms with Crippen LogP contribution in [0.25, 0.3) is 0 Å². The number of rotatable bonds is 3. The van der Waals surface area contributed by atoms with Crippen LogP contribution >= 0.6 is 0 Å². The average molecular weight is 234 g/mol. The second-order valence-corrected chi connectivity index (χ2v) is 3.09. The highest BCUT2D eigenvalue weighted by Gasteiger charge is 2.07. The molecule has 0 atom stereocenters. The number of aromatic nitrogens is 2. The smallest absolute Gasteiger partial charge is 0.224 e. The van der Waals surface area contributed by atoms with Crippen molar-refractivity contribution < 1.29 is 9.13 Å². The highest BCUT2D eigenvalue weighted by molar-refractivity contribution is 5.43. The molecule has 0 aliphatic rings. The number of nitrogens with zero attached hydrogens (tertiary/aromatic N) is 3. The second-order valence-electron chi connectivity index (χ2n) is 3.09. The second kappa shape index (κ2) is 4.52. The van der Waals surface area contributed by atoms with Crippen molar-refractivity contribution in [3.63, 3.8) is 0 Å². The highest BCUT2D eigenvalue weighted by atomic mass is 19.1. The lowest BCUT2D eigenvalue weighted by Crippen LogP contribution is -1.95. The summed E-state index contributed by atoms with van der Waals surface area (Å²) in [5.74, 6) is -0.459. The average Bonchev–Trinajstić information content (AvgIpc) is 2.32. The lowest BCUT2D eigenvalue weighted by Gasteiger charge is -2.05. The maximum atomic E-state index is 13.4. The fourth-order valence-electron chi connectivity index (χ4n) is 1.15. The Kier molecular flexibility index (Phi) is 2.91. The van der Waals surface area contributed by atoms with Crippen molar-refractivity contribution >= 4 is 11.5 Å². The van der Waals surface area contributed by atoms with Gasteiger partial charge in [-0.1, -0.05) is 0 Å². The molecule has 86 valence electrons. The van der Waals surface area contributed by atoms with E-state index in [9.17, 15) is 9.30 Å². The summed E-state index contributed by atoms with van der Waals surface area (Å²) in [7, 11) is 0. The molecule has 0 aliphatic heterocycles. The summed E-state index contributed by atoms with van der Waals surface area (Å²) in [5, 5.41) is 2.60. The summed E-state index contributed by atoms with van der Waals surface area (Å²) in [4.78, 5) is 17.6. The number of nitroso groups, excluding NO2 is 1. The first-order valence-electron chi connectivity index (χ1n) is 4.57. The predicted octanol–water partition coefficient (Wildman–Crippen LogP) is 2.39. The maximum absolute atomic E-state index is 13.4. The first-order chi connectivity index (χ1) is 8.19. The SMILES string of the molecule is Nc1cc(Oc2ccc(N=O)cc2F)ncn1. The molecule has 0 bridgehead atoms. The largest absolute Gasteiger partial charge is 0.436 e. The molecule has 0 spiro atoms. The van der Waals surface area contributed by atoms with Gasteiger partial charge in [0.15, 0.2) is 11.6 Å². The van der Waals surface area contributed by atoms with Gasteiger partial charge in [-0.15, -0.1) is 4.91 Å². The van der Waals surface area contributed by atoms with Crippen molar-refractivity contribution in [1.29, 1.82) is 0 Å². The summed E-state index contributed by atoms with van der Waals surface area (Å²) >= 11 is 0. The Balaban J connectivity index is 2.27.